The van der Waals surface area contributed by atoms with E-state index in [2.05, 4.69) is 0 Å². The molecule has 17 heavy (non-hydrogen) atoms. The molecule has 94 valence electrons. The van der Waals surface area contributed by atoms with Crippen molar-refractivity contribution in [1.29, 1.82) is 0 Å². The van der Waals surface area contributed by atoms with Gasteiger partial charge in [-0.15, -0.1) is 0 Å². The van der Waals surface area contributed by atoms with Crippen LogP contribution in [0.1, 0.15) is 22.8 Å². The molecule has 0 spiro atoms. The zero-order chi connectivity index (χ0) is 13.1. The summed E-state index contributed by atoms with van der Waals surface area (Å²) in [4.78, 5) is 13.2. The van der Waals surface area contributed by atoms with Crippen molar-refractivity contribution in [2.24, 2.45) is 5.73 Å². The summed E-state index contributed by atoms with van der Waals surface area (Å²) in [5.41, 5.74) is 6.79. The quantitative estimate of drug-likeness (QED) is 0.804. The molecular formula is C13H20N2O2. The molecule has 0 bridgehead atoms. The third-order valence-electron chi connectivity index (χ3n) is 3.03. The van der Waals surface area contributed by atoms with Crippen molar-refractivity contribution in [3.05, 3.63) is 35.4 Å². The highest BCUT2D eigenvalue weighted by Gasteiger charge is 2.24. The molecule has 1 amide bonds. The zero-order valence-corrected chi connectivity index (χ0v) is 10.6. The number of rotatable bonds is 4. The van der Waals surface area contributed by atoms with Gasteiger partial charge in [0, 0.05) is 31.6 Å². The van der Waals surface area contributed by atoms with Gasteiger partial charge in [-0.25, -0.2) is 0 Å². The number of aliphatic hydroxyl groups is 1. The Kier molecular flexibility index (Phi) is 4.26. The van der Waals surface area contributed by atoms with E-state index in [0.717, 1.165) is 5.56 Å². The van der Waals surface area contributed by atoms with Crippen LogP contribution in [0.5, 0.6) is 0 Å². The van der Waals surface area contributed by atoms with Gasteiger partial charge in [0.2, 0.25) is 0 Å². The summed E-state index contributed by atoms with van der Waals surface area (Å²) >= 11 is 0. The lowest BCUT2D eigenvalue weighted by molar-refractivity contribution is 0.0827. The summed E-state index contributed by atoms with van der Waals surface area (Å²) < 4.78 is 0. The average molecular weight is 236 g/mol. The molecule has 1 aromatic carbocycles. The molecule has 0 radical (unpaired) electrons. The lowest BCUT2D eigenvalue weighted by atomic mass is 9.83. The summed E-state index contributed by atoms with van der Waals surface area (Å²) in [5.74, 6) is -0.0324. The van der Waals surface area contributed by atoms with Crippen LogP contribution in [0.4, 0.5) is 0 Å². The summed E-state index contributed by atoms with van der Waals surface area (Å²) in [5, 5.41) is 9.35. The zero-order valence-electron chi connectivity index (χ0n) is 10.6. The first-order valence-corrected chi connectivity index (χ1v) is 5.58. The van der Waals surface area contributed by atoms with E-state index in [-0.39, 0.29) is 12.5 Å². The number of aliphatic hydroxyl groups excluding tert-OH is 1. The second-order valence-corrected chi connectivity index (χ2v) is 4.70. The van der Waals surface area contributed by atoms with Crippen molar-refractivity contribution in [3.8, 4) is 0 Å². The molecule has 1 rings (SSSR count). The Bertz CT molecular complexity index is 381. The van der Waals surface area contributed by atoms with Crippen LogP contribution >= 0.6 is 0 Å². The highest BCUT2D eigenvalue weighted by atomic mass is 16.3. The second-order valence-electron chi connectivity index (χ2n) is 4.70. The smallest absolute Gasteiger partial charge is 0.253 e. The fraction of sp³-hybridized carbons (Fsp3) is 0.462. The van der Waals surface area contributed by atoms with E-state index in [0.29, 0.717) is 12.1 Å². The maximum atomic E-state index is 11.7. The van der Waals surface area contributed by atoms with Crippen LogP contribution in [0.15, 0.2) is 24.3 Å². The Balaban J connectivity index is 2.99. The maximum Gasteiger partial charge on any atom is 0.253 e. The Labute approximate surface area is 102 Å². The second kappa shape index (κ2) is 5.29. The SMILES string of the molecule is CN(C)C(=O)c1ccc(C(C)(CN)CO)cc1. The number of hydrogen-bond donors (Lipinski definition) is 2. The van der Waals surface area contributed by atoms with Crippen molar-refractivity contribution in [3.63, 3.8) is 0 Å². The number of carbonyl (C=O) groups excluding carboxylic acids is 1. The lowest BCUT2D eigenvalue weighted by Crippen LogP contribution is -2.35. The van der Waals surface area contributed by atoms with E-state index in [1.54, 1.807) is 26.2 Å². The van der Waals surface area contributed by atoms with E-state index < -0.39 is 5.41 Å². The van der Waals surface area contributed by atoms with Gasteiger partial charge >= 0.3 is 0 Å². The van der Waals surface area contributed by atoms with Gasteiger partial charge in [-0.2, -0.15) is 0 Å². The van der Waals surface area contributed by atoms with Crippen molar-refractivity contribution < 1.29 is 9.90 Å². The van der Waals surface area contributed by atoms with E-state index in [4.69, 9.17) is 5.73 Å². The van der Waals surface area contributed by atoms with E-state index in [9.17, 15) is 9.90 Å². The maximum absolute atomic E-state index is 11.7. The van der Waals surface area contributed by atoms with Crippen LogP contribution in [-0.4, -0.2) is 43.2 Å². The average Bonchev–Trinajstić information content (AvgIpc) is 2.37. The van der Waals surface area contributed by atoms with Crippen molar-refractivity contribution >= 4 is 5.91 Å². The number of amides is 1. The Hall–Kier alpha value is -1.39. The topological polar surface area (TPSA) is 66.6 Å². The molecule has 0 aromatic heterocycles. The molecule has 4 nitrogen and oxygen atoms in total. The number of benzene rings is 1. The highest BCUT2D eigenvalue weighted by molar-refractivity contribution is 5.93. The fourth-order valence-electron chi connectivity index (χ4n) is 1.55. The molecule has 0 saturated heterocycles. The largest absolute Gasteiger partial charge is 0.395 e. The monoisotopic (exact) mass is 236 g/mol. The van der Waals surface area contributed by atoms with Gasteiger partial charge in [-0.3, -0.25) is 4.79 Å². The third kappa shape index (κ3) is 2.84. The van der Waals surface area contributed by atoms with Gasteiger partial charge in [-0.1, -0.05) is 19.1 Å². The molecule has 0 aliphatic carbocycles. The third-order valence-corrected chi connectivity index (χ3v) is 3.03. The Morgan fingerprint density at radius 1 is 1.35 bits per heavy atom. The van der Waals surface area contributed by atoms with Gasteiger partial charge in [-0.05, 0) is 17.7 Å². The number of nitrogens with two attached hydrogens (primary N) is 1. The van der Waals surface area contributed by atoms with Crippen LogP contribution in [0, 0.1) is 0 Å². The first-order chi connectivity index (χ1) is 7.94. The first-order valence-electron chi connectivity index (χ1n) is 5.58. The predicted molar refractivity (Wildman–Crippen MR) is 68.0 cm³/mol. The Morgan fingerprint density at radius 2 is 1.88 bits per heavy atom. The minimum atomic E-state index is -0.445. The number of nitrogens with zero attached hydrogens (tertiary/aromatic N) is 1. The van der Waals surface area contributed by atoms with Crippen LogP contribution in [0.3, 0.4) is 0 Å². The van der Waals surface area contributed by atoms with Crippen LogP contribution in [0.25, 0.3) is 0 Å². The predicted octanol–water partition coefficient (Wildman–Crippen LogP) is 0.597. The van der Waals surface area contributed by atoms with Crippen LogP contribution in [0.2, 0.25) is 0 Å². The van der Waals surface area contributed by atoms with Gasteiger partial charge in [0.1, 0.15) is 0 Å². The summed E-state index contributed by atoms with van der Waals surface area (Å²) in [6.45, 7) is 2.25. The number of hydrogen-bond acceptors (Lipinski definition) is 3. The minimum absolute atomic E-state index is 0.00945. The molecule has 0 heterocycles. The van der Waals surface area contributed by atoms with Gasteiger partial charge in [0.15, 0.2) is 0 Å². The molecule has 0 fully saturated rings. The summed E-state index contributed by atoms with van der Waals surface area (Å²) in [7, 11) is 3.43. The van der Waals surface area contributed by atoms with Crippen molar-refractivity contribution in [2.75, 3.05) is 27.2 Å². The van der Waals surface area contributed by atoms with Crippen molar-refractivity contribution in [2.45, 2.75) is 12.3 Å². The molecule has 0 aliphatic heterocycles. The lowest BCUT2D eigenvalue weighted by Gasteiger charge is -2.26. The fourth-order valence-corrected chi connectivity index (χ4v) is 1.55. The highest BCUT2D eigenvalue weighted by Crippen LogP contribution is 2.22. The minimum Gasteiger partial charge on any atom is -0.395 e. The first kappa shape index (κ1) is 13.7. The molecular weight excluding hydrogens is 216 g/mol. The number of carbonyl (C=O) groups is 1. The van der Waals surface area contributed by atoms with Crippen LogP contribution < -0.4 is 5.73 Å². The molecule has 1 atom stereocenters. The van der Waals surface area contributed by atoms with Gasteiger partial charge < -0.3 is 15.7 Å². The Morgan fingerprint density at radius 3 is 2.24 bits per heavy atom. The standard InChI is InChI=1S/C13H20N2O2/c1-13(8-14,9-16)11-6-4-10(5-7-11)12(17)15(2)3/h4-7,16H,8-9,14H2,1-3H3. The van der Waals surface area contributed by atoms with E-state index >= 15 is 0 Å². The van der Waals surface area contributed by atoms with Crippen LogP contribution in [-0.2, 0) is 5.41 Å². The summed E-state index contributed by atoms with van der Waals surface area (Å²) in [6, 6.07) is 7.22. The van der Waals surface area contributed by atoms with E-state index in [1.165, 1.54) is 4.90 Å². The molecule has 1 aromatic rings. The normalized spacial score (nSPS) is 14.2. The molecule has 1 unspecified atom stereocenters. The molecule has 3 N–H and O–H groups in total. The summed E-state index contributed by atoms with van der Waals surface area (Å²) in [6.07, 6.45) is 0. The van der Waals surface area contributed by atoms with Gasteiger partial charge in [0.25, 0.3) is 5.91 Å². The molecule has 0 saturated carbocycles. The molecule has 4 heteroatoms. The van der Waals surface area contributed by atoms with E-state index in [1.807, 2.05) is 19.1 Å². The van der Waals surface area contributed by atoms with Crippen molar-refractivity contribution in [1.82, 2.24) is 4.90 Å². The molecule has 0 aliphatic rings. The van der Waals surface area contributed by atoms with Gasteiger partial charge in [0.05, 0.1) is 6.61 Å².